The number of nitrogens with zero attached hydrogens (tertiary/aromatic N) is 4. The van der Waals surface area contributed by atoms with Crippen LogP contribution < -0.4 is 0 Å². The summed E-state index contributed by atoms with van der Waals surface area (Å²) in [6.07, 6.45) is -0.216. The number of carboxylic acid groups (broad SMARTS) is 1. The second kappa shape index (κ2) is 8.53. The number of likely N-dealkylation sites (N-methyl/N-ethyl adjacent to an activating group) is 1. The monoisotopic (exact) mass is 386 g/mol. The number of morpholine rings is 1. The Balaban J connectivity index is 1.75. The molecule has 1 aromatic heterocycles. The lowest BCUT2D eigenvalue weighted by molar-refractivity contribution is -0.138. The second-order valence-electron chi connectivity index (χ2n) is 7.13. The number of carboxylic acids is 1. The zero-order chi connectivity index (χ0) is 20.3. The molecule has 1 aromatic carbocycles. The summed E-state index contributed by atoms with van der Waals surface area (Å²) in [5.41, 5.74) is 3.03. The predicted octanol–water partition coefficient (Wildman–Crippen LogP) is 1.35. The molecule has 1 unspecified atom stereocenters. The molecule has 1 N–H and O–H groups in total. The Hall–Kier alpha value is -2.71. The summed E-state index contributed by atoms with van der Waals surface area (Å²) in [6, 6.07) is 9.73. The highest BCUT2D eigenvalue weighted by Crippen LogP contribution is 2.21. The maximum Gasteiger partial charge on any atom is 0.317 e. The van der Waals surface area contributed by atoms with Crippen LogP contribution in [0.5, 0.6) is 0 Å². The molecule has 0 aliphatic carbocycles. The molecule has 8 heteroatoms. The van der Waals surface area contributed by atoms with Gasteiger partial charge in [-0.3, -0.25) is 14.5 Å². The van der Waals surface area contributed by atoms with Crippen molar-refractivity contribution in [3.05, 3.63) is 47.3 Å². The van der Waals surface area contributed by atoms with E-state index in [2.05, 4.69) is 5.10 Å². The average molecular weight is 386 g/mol. The first-order valence-corrected chi connectivity index (χ1v) is 9.29. The van der Waals surface area contributed by atoms with Crippen LogP contribution >= 0.6 is 0 Å². The van der Waals surface area contributed by atoms with Crippen LogP contribution in [0.25, 0.3) is 5.69 Å². The standard InChI is InChI=1S/C20H26N4O4/c1-14-19(15(2)24(21-14)16-7-5-4-6-8-16)20(27)23-9-10-28-17(12-23)11-22(3)13-18(25)26/h4-8,17H,9-13H2,1-3H3,(H,25,26). The first kappa shape index (κ1) is 20.0. The zero-order valence-electron chi connectivity index (χ0n) is 16.5. The van der Waals surface area contributed by atoms with E-state index in [1.165, 1.54) is 0 Å². The van der Waals surface area contributed by atoms with E-state index >= 15 is 0 Å². The van der Waals surface area contributed by atoms with E-state index in [1.807, 2.05) is 44.2 Å². The van der Waals surface area contributed by atoms with Crippen molar-refractivity contribution in [3.8, 4) is 5.69 Å². The molecular weight excluding hydrogens is 360 g/mol. The molecule has 0 spiro atoms. The van der Waals surface area contributed by atoms with Gasteiger partial charge in [-0.1, -0.05) is 18.2 Å². The summed E-state index contributed by atoms with van der Waals surface area (Å²) in [7, 11) is 1.73. The smallest absolute Gasteiger partial charge is 0.317 e. The number of carbonyl (C=O) groups excluding carboxylic acids is 1. The summed E-state index contributed by atoms with van der Waals surface area (Å²) in [5.74, 6) is -0.947. The van der Waals surface area contributed by atoms with Crippen LogP contribution in [0.3, 0.4) is 0 Å². The fraction of sp³-hybridized carbons (Fsp3) is 0.450. The number of hydrogen-bond donors (Lipinski definition) is 1. The Bertz CT molecular complexity index is 849. The van der Waals surface area contributed by atoms with Crippen LogP contribution in [0.2, 0.25) is 0 Å². The van der Waals surface area contributed by atoms with Gasteiger partial charge in [0.1, 0.15) is 0 Å². The highest BCUT2D eigenvalue weighted by atomic mass is 16.5. The van der Waals surface area contributed by atoms with Crippen LogP contribution in [0, 0.1) is 13.8 Å². The molecule has 0 bridgehead atoms. The second-order valence-corrected chi connectivity index (χ2v) is 7.13. The molecule has 1 atom stereocenters. The SMILES string of the molecule is Cc1nn(-c2ccccc2)c(C)c1C(=O)N1CCOC(CN(C)CC(=O)O)C1. The summed E-state index contributed by atoms with van der Waals surface area (Å²) in [5, 5.41) is 13.5. The number of ether oxygens (including phenoxy) is 1. The largest absolute Gasteiger partial charge is 0.480 e. The lowest BCUT2D eigenvalue weighted by Gasteiger charge is -2.34. The van der Waals surface area contributed by atoms with Gasteiger partial charge in [-0.2, -0.15) is 5.10 Å². The van der Waals surface area contributed by atoms with Crippen LogP contribution in [0.1, 0.15) is 21.7 Å². The topological polar surface area (TPSA) is 87.9 Å². The Kier molecular flexibility index (Phi) is 6.11. The van der Waals surface area contributed by atoms with E-state index in [-0.39, 0.29) is 18.6 Å². The minimum Gasteiger partial charge on any atom is -0.480 e. The van der Waals surface area contributed by atoms with E-state index in [9.17, 15) is 9.59 Å². The van der Waals surface area contributed by atoms with Crippen molar-refractivity contribution in [2.45, 2.75) is 20.0 Å². The Labute approximate surface area is 164 Å². The number of hydrogen-bond acceptors (Lipinski definition) is 5. The molecule has 1 aliphatic heterocycles. The van der Waals surface area contributed by atoms with Gasteiger partial charge in [0.15, 0.2) is 0 Å². The minimum absolute atomic E-state index is 0.0597. The molecule has 3 rings (SSSR count). The third-order valence-electron chi connectivity index (χ3n) is 4.85. The summed E-state index contributed by atoms with van der Waals surface area (Å²) in [4.78, 5) is 27.5. The Morgan fingerprint density at radius 3 is 2.68 bits per heavy atom. The number of aromatic nitrogens is 2. The molecule has 1 saturated heterocycles. The number of aryl methyl sites for hydroxylation is 1. The van der Waals surface area contributed by atoms with Crippen molar-refractivity contribution in [1.29, 1.82) is 0 Å². The van der Waals surface area contributed by atoms with Crippen molar-refractivity contribution < 1.29 is 19.4 Å². The normalized spacial score (nSPS) is 17.1. The molecule has 2 heterocycles. The van der Waals surface area contributed by atoms with Crippen LogP contribution in [-0.4, -0.2) is 82.5 Å². The third-order valence-corrected chi connectivity index (χ3v) is 4.85. The van der Waals surface area contributed by atoms with Gasteiger partial charge in [0.2, 0.25) is 0 Å². The van der Waals surface area contributed by atoms with Gasteiger partial charge in [-0.15, -0.1) is 0 Å². The fourth-order valence-corrected chi connectivity index (χ4v) is 3.59. The van der Waals surface area contributed by atoms with Crippen molar-refractivity contribution in [1.82, 2.24) is 19.6 Å². The molecular formula is C20H26N4O4. The Morgan fingerprint density at radius 1 is 1.29 bits per heavy atom. The van der Waals surface area contributed by atoms with Crippen molar-refractivity contribution >= 4 is 11.9 Å². The van der Waals surface area contributed by atoms with Gasteiger partial charge >= 0.3 is 5.97 Å². The predicted molar refractivity (Wildman–Crippen MR) is 104 cm³/mol. The maximum absolute atomic E-state index is 13.2. The van der Waals surface area contributed by atoms with Crippen molar-refractivity contribution in [2.24, 2.45) is 0 Å². The number of benzene rings is 1. The molecule has 8 nitrogen and oxygen atoms in total. The average Bonchev–Trinajstić information content (AvgIpc) is 2.95. The quantitative estimate of drug-likeness (QED) is 0.806. The summed E-state index contributed by atoms with van der Waals surface area (Å²) in [6.45, 7) is 5.51. The van der Waals surface area contributed by atoms with E-state index in [0.717, 1.165) is 11.4 Å². The van der Waals surface area contributed by atoms with Crippen molar-refractivity contribution in [2.75, 3.05) is 39.8 Å². The van der Waals surface area contributed by atoms with E-state index in [4.69, 9.17) is 9.84 Å². The Morgan fingerprint density at radius 2 is 2.00 bits per heavy atom. The van der Waals surface area contributed by atoms with Gasteiger partial charge < -0.3 is 14.7 Å². The molecule has 0 radical (unpaired) electrons. The number of amides is 1. The van der Waals surface area contributed by atoms with Gasteiger partial charge in [-0.05, 0) is 33.0 Å². The van der Waals surface area contributed by atoms with Gasteiger partial charge in [0.25, 0.3) is 5.91 Å². The van der Waals surface area contributed by atoms with Gasteiger partial charge in [-0.25, -0.2) is 4.68 Å². The molecule has 0 saturated carbocycles. The first-order chi connectivity index (χ1) is 13.4. The summed E-state index contributed by atoms with van der Waals surface area (Å²) < 4.78 is 7.52. The molecule has 1 amide bonds. The third kappa shape index (κ3) is 4.40. The first-order valence-electron chi connectivity index (χ1n) is 9.29. The van der Waals surface area contributed by atoms with E-state index < -0.39 is 5.97 Å². The van der Waals surface area contributed by atoms with E-state index in [1.54, 1.807) is 21.5 Å². The lowest BCUT2D eigenvalue weighted by atomic mass is 10.1. The van der Waals surface area contributed by atoms with Gasteiger partial charge in [0.05, 0.1) is 41.9 Å². The summed E-state index contributed by atoms with van der Waals surface area (Å²) >= 11 is 0. The molecule has 28 heavy (non-hydrogen) atoms. The number of para-hydroxylation sites is 1. The van der Waals surface area contributed by atoms with Gasteiger partial charge in [0, 0.05) is 19.6 Å². The molecule has 1 aliphatic rings. The number of rotatable bonds is 6. The lowest BCUT2D eigenvalue weighted by Crippen LogP contribution is -2.49. The van der Waals surface area contributed by atoms with Crippen LogP contribution in [0.15, 0.2) is 30.3 Å². The van der Waals surface area contributed by atoms with Crippen LogP contribution in [-0.2, 0) is 9.53 Å². The van der Waals surface area contributed by atoms with E-state index in [0.29, 0.717) is 37.5 Å². The highest BCUT2D eigenvalue weighted by Gasteiger charge is 2.29. The maximum atomic E-state index is 13.2. The minimum atomic E-state index is -0.884. The molecule has 150 valence electrons. The number of aliphatic carboxylic acids is 1. The van der Waals surface area contributed by atoms with Crippen molar-refractivity contribution in [3.63, 3.8) is 0 Å². The fourth-order valence-electron chi connectivity index (χ4n) is 3.59. The molecule has 1 fully saturated rings. The molecule has 2 aromatic rings. The number of carbonyl (C=O) groups is 2. The zero-order valence-corrected chi connectivity index (χ0v) is 16.5. The van der Waals surface area contributed by atoms with Crippen LogP contribution in [0.4, 0.5) is 0 Å². The highest BCUT2D eigenvalue weighted by molar-refractivity contribution is 5.96.